The summed E-state index contributed by atoms with van der Waals surface area (Å²) in [5.74, 6) is 1.06. The summed E-state index contributed by atoms with van der Waals surface area (Å²) in [4.78, 5) is 11.4. The molecule has 0 spiro atoms. The monoisotopic (exact) mass is 276 g/mol. The lowest BCUT2D eigenvalue weighted by Crippen LogP contribution is -2.16. The van der Waals surface area contributed by atoms with Gasteiger partial charge >= 0.3 is 0 Å². The van der Waals surface area contributed by atoms with Gasteiger partial charge in [0.1, 0.15) is 12.3 Å². The predicted octanol–water partition coefficient (Wildman–Crippen LogP) is 0.783. The molecule has 7 nitrogen and oxygen atoms in total. The highest BCUT2D eigenvalue weighted by molar-refractivity contribution is 5.91. The Morgan fingerprint density at radius 3 is 3.20 bits per heavy atom. The van der Waals surface area contributed by atoms with Crippen LogP contribution in [-0.4, -0.2) is 41.2 Å². The number of amides is 1. The highest BCUT2D eigenvalue weighted by Gasteiger charge is 2.21. The number of carbonyl (C=O) groups excluding carboxylic acids is 1. The first-order chi connectivity index (χ1) is 9.76. The third-order valence-corrected chi connectivity index (χ3v) is 3.33. The van der Waals surface area contributed by atoms with Gasteiger partial charge in [-0.3, -0.25) is 4.79 Å². The number of aromatic nitrogens is 3. The van der Waals surface area contributed by atoms with Crippen LogP contribution in [0.5, 0.6) is 0 Å². The lowest BCUT2D eigenvalue weighted by molar-refractivity contribution is 0.0933. The Kier molecular flexibility index (Phi) is 3.51. The molecule has 0 bridgehead atoms. The minimum absolute atomic E-state index is 0.237. The molecule has 1 fully saturated rings. The van der Waals surface area contributed by atoms with Gasteiger partial charge in [-0.15, -0.1) is 5.10 Å². The number of carbonyl (C=O) groups is 1. The number of nitrogens with zero attached hydrogens (tertiary/aromatic N) is 3. The zero-order valence-electron chi connectivity index (χ0n) is 11.2. The smallest absolute Gasteiger partial charge is 0.286 e. The first kappa shape index (κ1) is 12.9. The molecule has 1 N–H and O–H groups in total. The molecule has 0 radical (unpaired) electrons. The summed E-state index contributed by atoms with van der Waals surface area (Å²) in [6.45, 7) is 1.95. The van der Waals surface area contributed by atoms with Gasteiger partial charge in [-0.2, -0.15) is 0 Å². The fraction of sp³-hybridized carbons (Fsp3) is 0.462. The van der Waals surface area contributed by atoms with E-state index < -0.39 is 0 Å². The maximum Gasteiger partial charge on any atom is 0.286 e. The first-order valence-electron chi connectivity index (χ1n) is 6.55. The van der Waals surface area contributed by atoms with Crippen LogP contribution in [0.15, 0.2) is 22.7 Å². The summed E-state index contributed by atoms with van der Waals surface area (Å²) in [6.07, 6.45) is 2.89. The van der Waals surface area contributed by atoms with E-state index in [0.717, 1.165) is 18.7 Å². The zero-order chi connectivity index (χ0) is 13.9. The summed E-state index contributed by atoms with van der Waals surface area (Å²) in [5, 5.41) is 10.8. The Bertz CT molecular complexity index is 598. The van der Waals surface area contributed by atoms with E-state index in [0.29, 0.717) is 30.6 Å². The van der Waals surface area contributed by atoms with Crippen LogP contribution in [0.2, 0.25) is 0 Å². The van der Waals surface area contributed by atoms with Crippen molar-refractivity contribution in [1.29, 1.82) is 0 Å². The quantitative estimate of drug-likeness (QED) is 0.892. The number of hydrogen-bond donors (Lipinski definition) is 1. The second-order valence-corrected chi connectivity index (χ2v) is 4.75. The molecule has 1 unspecified atom stereocenters. The maximum absolute atomic E-state index is 11.4. The molecule has 2 aromatic heterocycles. The molecule has 3 rings (SSSR count). The van der Waals surface area contributed by atoms with E-state index in [-0.39, 0.29) is 5.91 Å². The average molecular weight is 276 g/mol. The molecule has 1 saturated heterocycles. The van der Waals surface area contributed by atoms with Crippen molar-refractivity contribution in [3.05, 3.63) is 35.5 Å². The average Bonchev–Trinajstić information content (AvgIpc) is 3.19. The first-order valence-corrected chi connectivity index (χ1v) is 6.55. The summed E-state index contributed by atoms with van der Waals surface area (Å²) in [6, 6.07) is 3.42. The van der Waals surface area contributed by atoms with Gasteiger partial charge in [-0.05, 0) is 18.6 Å². The van der Waals surface area contributed by atoms with E-state index in [4.69, 9.17) is 9.15 Å². The molecule has 2 aromatic rings. The third kappa shape index (κ3) is 2.57. The van der Waals surface area contributed by atoms with Crippen molar-refractivity contribution < 1.29 is 13.9 Å². The summed E-state index contributed by atoms with van der Waals surface area (Å²) < 4.78 is 12.5. The molecule has 1 aliphatic rings. The van der Waals surface area contributed by atoms with Gasteiger partial charge in [0.15, 0.2) is 5.76 Å². The maximum atomic E-state index is 11.4. The third-order valence-electron chi connectivity index (χ3n) is 3.33. The Hall–Kier alpha value is -2.15. The normalized spacial score (nSPS) is 18.4. The lowest BCUT2D eigenvalue weighted by Gasteiger charge is -2.00. The van der Waals surface area contributed by atoms with Crippen LogP contribution in [0.3, 0.4) is 0 Å². The Balaban J connectivity index is 1.68. The van der Waals surface area contributed by atoms with Crippen LogP contribution in [0.25, 0.3) is 0 Å². The van der Waals surface area contributed by atoms with Gasteiger partial charge < -0.3 is 14.5 Å². The number of hydrogen-bond acceptors (Lipinski definition) is 5. The molecule has 0 saturated carbocycles. The van der Waals surface area contributed by atoms with Crippen LogP contribution in [0.4, 0.5) is 0 Å². The molecule has 0 aliphatic carbocycles. The molecule has 1 aliphatic heterocycles. The minimum Gasteiger partial charge on any atom is -0.454 e. The molecule has 1 amide bonds. The number of rotatable bonds is 4. The molecule has 106 valence electrons. The second kappa shape index (κ2) is 5.46. The number of ether oxygens (including phenoxy) is 1. The molecular weight excluding hydrogens is 260 g/mol. The van der Waals surface area contributed by atoms with Crippen molar-refractivity contribution >= 4 is 5.91 Å². The van der Waals surface area contributed by atoms with E-state index in [2.05, 4.69) is 15.6 Å². The fourth-order valence-corrected chi connectivity index (χ4v) is 2.21. The SMILES string of the molecule is CNC(=O)c1ccc(Cn2cc(C3CCOC3)nn2)o1. The molecule has 20 heavy (non-hydrogen) atoms. The van der Waals surface area contributed by atoms with Crippen molar-refractivity contribution in [1.82, 2.24) is 20.3 Å². The van der Waals surface area contributed by atoms with E-state index in [1.807, 2.05) is 6.20 Å². The van der Waals surface area contributed by atoms with Crippen molar-refractivity contribution in [2.24, 2.45) is 0 Å². The molecule has 3 heterocycles. The van der Waals surface area contributed by atoms with E-state index in [9.17, 15) is 4.79 Å². The van der Waals surface area contributed by atoms with Crippen molar-refractivity contribution in [3.8, 4) is 0 Å². The predicted molar refractivity (Wildman–Crippen MR) is 69.4 cm³/mol. The van der Waals surface area contributed by atoms with Crippen molar-refractivity contribution in [3.63, 3.8) is 0 Å². The van der Waals surface area contributed by atoms with Crippen LogP contribution >= 0.6 is 0 Å². The molecular formula is C13H16N4O3. The summed E-state index contributed by atoms with van der Waals surface area (Å²) in [5.41, 5.74) is 0.945. The number of nitrogens with one attached hydrogen (secondary N) is 1. The van der Waals surface area contributed by atoms with Crippen LogP contribution < -0.4 is 5.32 Å². The van der Waals surface area contributed by atoms with Crippen molar-refractivity contribution in [2.75, 3.05) is 20.3 Å². The summed E-state index contributed by atoms with van der Waals surface area (Å²) >= 11 is 0. The summed E-state index contributed by atoms with van der Waals surface area (Å²) in [7, 11) is 1.57. The van der Waals surface area contributed by atoms with Gasteiger partial charge in [-0.25, -0.2) is 4.68 Å². The highest BCUT2D eigenvalue weighted by Crippen LogP contribution is 2.22. The van der Waals surface area contributed by atoms with Crippen LogP contribution in [-0.2, 0) is 11.3 Å². The molecule has 1 atom stereocenters. The Morgan fingerprint density at radius 2 is 2.45 bits per heavy atom. The minimum atomic E-state index is -0.237. The van der Waals surface area contributed by atoms with E-state index >= 15 is 0 Å². The highest BCUT2D eigenvalue weighted by atomic mass is 16.5. The van der Waals surface area contributed by atoms with Crippen molar-refractivity contribution in [2.45, 2.75) is 18.9 Å². The van der Waals surface area contributed by atoms with Gasteiger partial charge in [0.05, 0.1) is 12.3 Å². The zero-order valence-corrected chi connectivity index (χ0v) is 11.2. The van der Waals surface area contributed by atoms with Gasteiger partial charge in [0.2, 0.25) is 0 Å². The standard InChI is InChI=1S/C13H16N4O3/c1-14-13(18)12-3-2-10(20-12)6-17-7-11(15-16-17)9-4-5-19-8-9/h2-3,7,9H,4-6,8H2,1H3,(H,14,18). The van der Waals surface area contributed by atoms with Gasteiger partial charge in [0.25, 0.3) is 5.91 Å². The Morgan fingerprint density at radius 1 is 1.55 bits per heavy atom. The lowest BCUT2D eigenvalue weighted by atomic mass is 10.1. The largest absolute Gasteiger partial charge is 0.454 e. The Labute approximate surface area is 115 Å². The number of furan rings is 1. The van der Waals surface area contributed by atoms with E-state index in [1.165, 1.54) is 0 Å². The molecule has 0 aromatic carbocycles. The van der Waals surface area contributed by atoms with Gasteiger partial charge in [-0.1, -0.05) is 5.21 Å². The van der Waals surface area contributed by atoms with E-state index in [1.54, 1.807) is 23.9 Å². The van der Waals surface area contributed by atoms with Crippen LogP contribution in [0.1, 0.15) is 34.3 Å². The topological polar surface area (TPSA) is 82.2 Å². The molecule has 7 heteroatoms. The second-order valence-electron chi connectivity index (χ2n) is 4.75. The van der Waals surface area contributed by atoms with Crippen LogP contribution in [0, 0.1) is 0 Å². The fourth-order valence-electron chi connectivity index (χ4n) is 2.21. The van der Waals surface area contributed by atoms with Gasteiger partial charge in [0, 0.05) is 25.8 Å².